The first-order chi connectivity index (χ1) is 16.1. The van der Waals surface area contributed by atoms with Gasteiger partial charge >= 0.3 is 5.97 Å². The molecule has 0 atom stereocenters. The van der Waals surface area contributed by atoms with Gasteiger partial charge in [0.05, 0.1) is 5.56 Å². The van der Waals surface area contributed by atoms with Crippen LogP contribution >= 0.6 is 22.6 Å². The molecule has 0 fully saturated rings. The van der Waals surface area contributed by atoms with Gasteiger partial charge < -0.3 is 9.15 Å². The van der Waals surface area contributed by atoms with Gasteiger partial charge in [0.25, 0.3) is 5.91 Å². The maximum atomic E-state index is 12.5. The fourth-order valence-corrected chi connectivity index (χ4v) is 3.83. The van der Waals surface area contributed by atoms with Crippen molar-refractivity contribution in [2.75, 3.05) is 11.9 Å². The standard InChI is InChI=1S/C26H17IN2O4/c27-20-13-7-12-19(14-20)26(31)32-16-22(30)29-25-21(15-28)23(17-8-3-1-4-9-17)24(33-25)18-10-5-2-6-11-18/h1-14H,16H2,(H,29,30). The van der Waals surface area contributed by atoms with Gasteiger partial charge in [-0.25, -0.2) is 4.79 Å². The Kier molecular flexibility index (Phi) is 6.86. The molecule has 0 unspecified atom stereocenters. The summed E-state index contributed by atoms with van der Waals surface area (Å²) < 4.78 is 12.0. The highest BCUT2D eigenvalue weighted by Crippen LogP contribution is 2.41. The third-order valence-electron chi connectivity index (χ3n) is 4.77. The number of nitrogens with one attached hydrogen (secondary N) is 1. The molecule has 4 rings (SSSR count). The van der Waals surface area contributed by atoms with Crippen LogP contribution in [0.3, 0.4) is 0 Å². The summed E-state index contributed by atoms with van der Waals surface area (Å²) in [7, 11) is 0. The van der Waals surface area contributed by atoms with E-state index in [1.165, 1.54) is 0 Å². The third kappa shape index (κ3) is 5.13. The maximum Gasteiger partial charge on any atom is 0.338 e. The summed E-state index contributed by atoms with van der Waals surface area (Å²) in [6.07, 6.45) is 0. The van der Waals surface area contributed by atoms with Crippen LogP contribution in [-0.4, -0.2) is 18.5 Å². The van der Waals surface area contributed by atoms with Gasteiger partial charge in [0.2, 0.25) is 5.88 Å². The van der Waals surface area contributed by atoms with Gasteiger partial charge in [-0.1, -0.05) is 66.7 Å². The van der Waals surface area contributed by atoms with E-state index in [1.54, 1.807) is 18.2 Å². The van der Waals surface area contributed by atoms with Crippen LogP contribution in [0.4, 0.5) is 5.88 Å². The van der Waals surface area contributed by atoms with Crippen LogP contribution in [0.1, 0.15) is 15.9 Å². The zero-order chi connectivity index (χ0) is 23.2. The van der Waals surface area contributed by atoms with Crippen LogP contribution in [-0.2, 0) is 9.53 Å². The maximum absolute atomic E-state index is 12.5. The molecule has 1 amide bonds. The summed E-state index contributed by atoms with van der Waals surface area (Å²) in [5, 5.41) is 12.5. The summed E-state index contributed by atoms with van der Waals surface area (Å²) in [6.45, 7) is -0.517. The van der Waals surface area contributed by atoms with E-state index in [2.05, 4.69) is 34.0 Å². The van der Waals surface area contributed by atoms with Gasteiger partial charge in [0.1, 0.15) is 17.4 Å². The minimum Gasteiger partial charge on any atom is -0.452 e. The third-order valence-corrected chi connectivity index (χ3v) is 5.44. The minimum atomic E-state index is -0.613. The van der Waals surface area contributed by atoms with Gasteiger partial charge in [-0.3, -0.25) is 10.1 Å². The smallest absolute Gasteiger partial charge is 0.338 e. The number of rotatable bonds is 6. The number of carbonyl (C=O) groups is 2. The normalized spacial score (nSPS) is 10.3. The molecule has 0 radical (unpaired) electrons. The monoisotopic (exact) mass is 548 g/mol. The Morgan fingerprint density at radius 2 is 1.61 bits per heavy atom. The molecule has 162 valence electrons. The lowest BCUT2D eigenvalue weighted by atomic mass is 9.98. The number of esters is 1. The predicted octanol–water partition coefficient (Wildman–Crippen LogP) is 5.89. The fraction of sp³-hybridized carbons (Fsp3) is 0.0385. The molecule has 33 heavy (non-hydrogen) atoms. The zero-order valence-electron chi connectivity index (χ0n) is 17.2. The van der Waals surface area contributed by atoms with E-state index in [9.17, 15) is 14.9 Å². The van der Waals surface area contributed by atoms with Crippen LogP contribution in [0, 0.1) is 14.9 Å². The number of anilines is 1. The summed E-state index contributed by atoms with van der Waals surface area (Å²) in [5.41, 5.74) is 2.66. The number of halogens is 1. The first-order valence-electron chi connectivity index (χ1n) is 9.97. The van der Waals surface area contributed by atoms with E-state index in [1.807, 2.05) is 66.7 Å². The number of benzene rings is 3. The number of ether oxygens (including phenoxy) is 1. The lowest BCUT2D eigenvalue weighted by Gasteiger charge is -2.05. The topological polar surface area (TPSA) is 92.3 Å². The van der Waals surface area contributed by atoms with Crippen molar-refractivity contribution in [3.8, 4) is 28.5 Å². The van der Waals surface area contributed by atoms with Crippen LogP contribution in [0.2, 0.25) is 0 Å². The molecule has 0 aliphatic heterocycles. The summed E-state index contributed by atoms with van der Waals surface area (Å²) in [4.78, 5) is 24.7. The molecular weight excluding hydrogens is 531 g/mol. The van der Waals surface area contributed by atoms with Crippen LogP contribution in [0.25, 0.3) is 22.5 Å². The Labute approximate surface area is 203 Å². The Morgan fingerprint density at radius 3 is 2.24 bits per heavy atom. The lowest BCUT2D eigenvalue weighted by molar-refractivity contribution is -0.119. The highest BCUT2D eigenvalue weighted by Gasteiger charge is 2.24. The van der Waals surface area contributed by atoms with E-state index >= 15 is 0 Å². The molecule has 0 saturated carbocycles. The number of furan rings is 1. The van der Waals surface area contributed by atoms with Crippen LogP contribution < -0.4 is 5.32 Å². The fourth-order valence-electron chi connectivity index (χ4n) is 3.29. The van der Waals surface area contributed by atoms with Gasteiger partial charge in [-0.2, -0.15) is 5.26 Å². The average molecular weight is 548 g/mol. The SMILES string of the molecule is N#Cc1c(NC(=O)COC(=O)c2cccc(I)c2)oc(-c2ccccc2)c1-c1ccccc1. The van der Waals surface area contributed by atoms with Crippen molar-refractivity contribution >= 4 is 40.4 Å². The Balaban J connectivity index is 1.60. The van der Waals surface area contributed by atoms with Crippen molar-refractivity contribution in [3.05, 3.63) is 99.6 Å². The molecule has 0 spiro atoms. The average Bonchev–Trinajstić information content (AvgIpc) is 3.21. The van der Waals surface area contributed by atoms with Crippen LogP contribution in [0.5, 0.6) is 0 Å². The van der Waals surface area contributed by atoms with E-state index < -0.39 is 18.5 Å². The molecule has 7 heteroatoms. The van der Waals surface area contributed by atoms with E-state index in [0.29, 0.717) is 16.9 Å². The Morgan fingerprint density at radius 1 is 0.939 bits per heavy atom. The molecule has 0 bridgehead atoms. The Hall–Kier alpha value is -3.90. The van der Waals surface area contributed by atoms with E-state index in [-0.39, 0.29) is 11.4 Å². The molecule has 4 aromatic rings. The van der Waals surface area contributed by atoms with Crippen molar-refractivity contribution in [3.63, 3.8) is 0 Å². The molecule has 0 aliphatic rings. The number of amides is 1. The second-order valence-corrected chi connectivity index (χ2v) is 8.23. The second kappa shape index (κ2) is 10.1. The molecule has 0 aliphatic carbocycles. The first-order valence-corrected chi connectivity index (χ1v) is 11.0. The number of nitrogens with zero attached hydrogens (tertiary/aromatic N) is 1. The van der Waals surface area contributed by atoms with Gasteiger partial charge in [-0.05, 0) is 46.4 Å². The van der Waals surface area contributed by atoms with E-state index in [4.69, 9.17) is 9.15 Å². The first kappa shape index (κ1) is 22.3. The second-order valence-electron chi connectivity index (χ2n) is 6.99. The summed E-state index contributed by atoms with van der Waals surface area (Å²) >= 11 is 2.09. The molecule has 6 nitrogen and oxygen atoms in total. The largest absolute Gasteiger partial charge is 0.452 e. The van der Waals surface area contributed by atoms with Crippen molar-refractivity contribution in [1.82, 2.24) is 0 Å². The molecule has 1 N–H and O–H groups in total. The summed E-state index contributed by atoms with van der Waals surface area (Å²) in [6, 6.07) is 27.7. The van der Waals surface area contributed by atoms with Crippen molar-refractivity contribution in [1.29, 1.82) is 5.26 Å². The number of hydrogen-bond donors (Lipinski definition) is 1. The predicted molar refractivity (Wildman–Crippen MR) is 132 cm³/mol. The van der Waals surface area contributed by atoms with Gasteiger partial charge in [-0.15, -0.1) is 0 Å². The lowest BCUT2D eigenvalue weighted by Crippen LogP contribution is -2.21. The van der Waals surface area contributed by atoms with Crippen LogP contribution in [0.15, 0.2) is 89.3 Å². The number of carbonyl (C=O) groups excluding carboxylic acids is 2. The van der Waals surface area contributed by atoms with Crippen molar-refractivity contribution in [2.45, 2.75) is 0 Å². The van der Waals surface area contributed by atoms with Crippen molar-refractivity contribution in [2.24, 2.45) is 0 Å². The van der Waals surface area contributed by atoms with E-state index in [0.717, 1.165) is 14.7 Å². The molecule has 1 heterocycles. The van der Waals surface area contributed by atoms with Gasteiger partial charge in [0, 0.05) is 14.7 Å². The highest BCUT2D eigenvalue weighted by molar-refractivity contribution is 14.1. The number of nitriles is 1. The molecule has 3 aromatic carbocycles. The zero-order valence-corrected chi connectivity index (χ0v) is 19.4. The molecule has 1 aromatic heterocycles. The molecule has 0 saturated heterocycles. The Bertz CT molecular complexity index is 1340. The molecular formula is C26H17IN2O4. The highest BCUT2D eigenvalue weighted by atomic mass is 127. The van der Waals surface area contributed by atoms with Crippen molar-refractivity contribution < 1.29 is 18.7 Å². The number of hydrogen-bond acceptors (Lipinski definition) is 5. The minimum absolute atomic E-state index is 0.00511. The summed E-state index contributed by atoms with van der Waals surface area (Å²) in [5.74, 6) is -0.757. The quantitative estimate of drug-likeness (QED) is 0.240. The van der Waals surface area contributed by atoms with Gasteiger partial charge in [0.15, 0.2) is 6.61 Å².